The second kappa shape index (κ2) is 5.91. The van der Waals surface area contributed by atoms with Gasteiger partial charge < -0.3 is 10.2 Å². The minimum absolute atomic E-state index is 0.0300. The number of carbonyl (C=O) groups excluding carboxylic acids is 3. The van der Waals surface area contributed by atoms with Gasteiger partial charge in [-0.3, -0.25) is 14.4 Å². The number of para-hydroxylation sites is 1. The highest BCUT2D eigenvalue weighted by Crippen LogP contribution is 2.42. The number of nitrogens with one attached hydrogen (secondary N) is 1. The van der Waals surface area contributed by atoms with Gasteiger partial charge in [0.2, 0.25) is 5.91 Å². The van der Waals surface area contributed by atoms with Crippen LogP contribution in [0.25, 0.3) is 0 Å². The molecule has 1 aliphatic heterocycles. The standard InChI is InChI=1S/C17H22N2O3/c1-5-19-14-9-7-6-8-13(14)17(16(19)22,10-12(4)20)18-15(21)11(2)3/h6-9,11H,5,10H2,1-4H3,(H,18,21)/t17-/m0/s1. The zero-order valence-electron chi connectivity index (χ0n) is 13.5. The maximum absolute atomic E-state index is 13.0. The molecular weight excluding hydrogens is 280 g/mol. The van der Waals surface area contributed by atoms with E-state index in [0.717, 1.165) is 5.69 Å². The molecule has 1 aromatic carbocycles. The van der Waals surface area contributed by atoms with Crippen molar-refractivity contribution in [2.45, 2.75) is 39.7 Å². The molecule has 1 heterocycles. The highest BCUT2D eigenvalue weighted by atomic mass is 16.2. The van der Waals surface area contributed by atoms with Gasteiger partial charge in [0.15, 0.2) is 5.54 Å². The predicted molar refractivity (Wildman–Crippen MR) is 84.4 cm³/mol. The molecule has 0 saturated heterocycles. The predicted octanol–water partition coefficient (Wildman–Crippen LogP) is 2.00. The molecule has 5 nitrogen and oxygen atoms in total. The Labute approximate surface area is 130 Å². The first-order valence-corrected chi connectivity index (χ1v) is 7.56. The average molecular weight is 302 g/mol. The third-order valence-corrected chi connectivity index (χ3v) is 3.96. The number of amides is 2. The number of carbonyl (C=O) groups is 3. The fraction of sp³-hybridized carbons (Fsp3) is 0.471. The van der Waals surface area contributed by atoms with Gasteiger partial charge in [0.1, 0.15) is 5.78 Å². The maximum Gasteiger partial charge on any atom is 0.257 e. The van der Waals surface area contributed by atoms with Gasteiger partial charge in [-0.2, -0.15) is 0 Å². The van der Waals surface area contributed by atoms with Crippen LogP contribution < -0.4 is 10.2 Å². The summed E-state index contributed by atoms with van der Waals surface area (Å²) in [6.45, 7) is 7.34. The molecule has 1 N–H and O–H groups in total. The largest absolute Gasteiger partial charge is 0.337 e. The van der Waals surface area contributed by atoms with Gasteiger partial charge in [0.25, 0.3) is 5.91 Å². The third kappa shape index (κ3) is 2.51. The van der Waals surface area contributed by atoms with Crippen LogP contribution in [0.1, 0.15) is 39.7 Å². The van der Waals surface area contributed by atoms with Crippen molar-refractivity contribution >= 4 is 23.3 Å². The maximum atomic E-state index is 13.0. The lowest BCUT2D eigenvalue weighted by Crippen LogP contribution is -2.54. The van der Waals surface area contributed by atoms with Crippen molar-refractivity contribution in [1.29, 1.82) is 0 Å². The number of hydrogen-bond acceptors (Lipinski definition) is 3. The Morgan fingerprint density at radius 1 is 1.27 bits per heavy atom. The van der Waals surface area contributed by atoms with E-state index in [1.807, 2.05) is 31.2 Å². The SMILES string of the molecule is CCN1C(=O)[C@@](CC(C)=O)(NC(=O)C(C)C)c2ccccc21. The molecule has 0 spiro atoms. The highest BCUT2D eigenvalue weighted by Gasteiger charge is 2.52. The van der Waals surface area contributed by atoms with E-state index in [1.54, 1.807) is 18.7 Å². The Bertz CT molecular complexity index is 624. The van der Waals surface area contributed by atoms with Crippen LogP contribution in [0.5, 0.6) is 0 Å². The van der Waals surface area contributed by atoms with Crippen molar-refractivity contribution in [2.24, 2.45) is 5.92 Å². The molecule has 22 heavy (non-hydrogen) atoms. The molecule has 1 aromatic rings. The Morgan fingerprint density at radius 3 is 2.45 bits per heavy atom. The molecule has 2 rings (SSSR count). The smallest absolute Gasteiger partial charge is 0.257 e. The average Bonchev–Trinajstić information content (AvgIpc) is 2.68. The van der Waals surface area contributed by atoms with Gasteiger partial charge in [-0.05, 0) is 19.9 Å². The van der Waals surface area contributed by atoms with Crippen LogP contribution in [0.4, 0.5) is 5.69 Å². The van der Waals surface area contributed by atoms with Crippen molar-refractivity contribution in [3.63, 3.8) is 0 Å². The normalized spacial score (nSPS) is 20.2. The lowest BCUT2D eigenvalue weighted by atomic mass is 9.85. The van der Waals surface area contributed by atoms with Crippen molar-refractivity contribution < 1.29 is 14.4 Å². The quantitative estimate of drug-likeness (QED) is 0.904. The minimum Gasteiger partial charge on any atom is -0.337 e. The van der Waals surface area contributed by atoms with Gasteiger partial charge >= 0.3 is 0 Å². The summed E-state index contributed by atoms with van der Waals surface area (Å²) < 4.78 is 0. The van der Waals surface area contributed by atoms with Gasteiger partial charge in [0, 0.05) is 30.1 Å². The fourth-order valence-corrected chi connectivity index (χ4v) is 2.90. The van der Waals surface area contributed by atoms with E-state index in [0.29, 0.717) is 12.1 Å². The van der Waals surface area contributed by atoms with E-state index in [1.165, 1.54) is 6.92 Å². The molecular formula is C17H22N2O3. The Balaban J connectivity index is 2.59. The van der Waals surface area contributed by atoms with E-state index < -0.39 is 5.54 Å². The molecule has 2 amide bonds. The van der Waals surface area contributed by atoms with Crippen LogP contribution in [0.2, 0.25) is 0 Å². The lowest BCUT2D eigenvalue weighted by molar-refractivity contribution is -0.135. The topological polar surface area (TPSA) is 66.5 Å². The van der Waals surface area contributed by atoms with Gasteiger partial charge in [0.05, 0.1) is 0 Å². The number of Topliss-reactive ketones (excluding diaryl/α,β-unsaturated/α-hetero) is 1. The van der Waals surface area contributed by atoms with Crippen LogP contribution in [0.3, 0.4) is 0 Å². The fourth-order valence-electron chi connectivity index (χ4n) is 2.90. The summed E-state index contributed by atoms with van der Waals surface area (Å²) in [5.74, 6) is -0.868. The number of nitrogens with zero attached hydrogens (tertiary/aromatic N) is 1. The van der Waals surface area contributed by atoms with Crippen molar-refractivity contribution in [1.82, 2.24) is 5.32 Å². The van der Waals surface area contributed by atoms with E-state index >= 15 is 0 Å². The van der Waals surface area contributed by atoms with E-state index in [9.17, 15) is 14.4 Å². The second-order valence-corrected chi connectivity index (χ2v) is 5.99. The summed E-state index contributed by atoms with van der Waals surface area (Å²) in [6, 6.07) is 7.33. The van der Waals surface area contributed by atoms with Crippen LogP contribution in [0, 0.1) is 5.92 Å². The van der Waals surface area contributed by atoms with Crippen LogP contribution in [-0.2, 0) is 19.9 Å². The summed E-state index contributed by atoms with van der Waals surface area (Å²) in [7, 11) is 0. The van der Waals surface area contributed by atoms with E-state index in [2.05, 4.69) is 5.32 Å². The molecule has 1 atom stereocenters. The van der Waals surface area contributed by atoms with Crippen LogP contribution in [0.15, 0.2) is 24.3 Å². The third-order valence-electron chi connectivity index (χ3n) is 3.96. The summed E-state index contributed by atoms with van der Waals surface area (Å²) in [5, 5.41) is 2.84. The van der Waals surface area contributed by atoms with Gasteiger partial charge in [-0.1, -0.05) is 32.0 Å². The molecule has 118 valence electrons. The van der Waals surface area contributed by atoms with E-state index in [4.69, 9.17) is 0 Å². The number of ketones is 1. The monoisotopic (exact) mass is 302 g/mol. The Morgan fingerprint density at radius 2 is 1.91 bits per heavy atom. The van der Waals surface area contributed by atoms with Crippen molar-refractivity contribution in [3.05, 3.63) is 29.8 Å². The zero-order chi connectivity index (χ0) is 16.5. The summed E-state index contributed by atoms with van der Waals surface area (Å²) >= 11 is 0. The van der Waals surface area contributed by atoms with Crippen LogP contribution >= 0.6 is 0 Å². The summed E-state index contributed by atoms with van der Waals surface area (Å²) in [5.41, 5.74) is 0.186. The molecule has 0 bridgehead atoms. The number of benzene rings is 1. The van der Waals surface area contributed by atoms with Crippen molar-refractivity contribution in [3.8, 4) is 0 Å². The highest BCUT2D eigenvalue weighted by molar-refractivity contribution is 6.11. The Hall–Kier alpha value is -2.17. The number of rotatable bonds is 5. The van der Waals surface area contributed by atoms with Gasteiger partial charge in [-0.25, -0.2) is 0 Å². The molecule has 0 fully saturated rings. The van der Waals surface area contributed by atoms with Crippen LogP contribution in [-0.4, -0.2) is 24.1 Å². The molecule has 0 saturated carbocycles. The second-order valence-electron chi connectivity index (χ2n) is 5.99. The first-order chi connectivity index (χ1) is 10.3. The van der Waals surface area contributed by atoms with Crippen molar-refractivity contribution in [2.75, 3.05) is 11.4 Å². The number of anilines is 1. The minimum atomic E-state index is -1.28. The molecule has 0 aliphatic carbocycles. The molecule has 0 aromatic heterocycles. The summed E-state index contributed by atoms with van der Waals surface area (Å²) in [4.78, 5) is 38.6. The Kier molecular flexibility index (Phi) is 4.35. The van der Waals surface area contributed by atoms with Gasteiger partial charge in [-0.15, -0.1) is 0 Å². The summed E-state index contributed by atoms with van der Waals surface area (Å²) in [6.07, 6.45) is -0.0300. The number of likely N-dealkylation sites (N-methyl/N-ethyl adjacent to an activating group) is 1. The van der Waals surface area contributed by atoms with E-state index in [-0.39, 0.29) is 29.9 Å². The first-order valence-electron chi connectivity index (χ1n) is 7.56. The number of fused-ring (bicyclic) bond motifs is 1. The zero-order valence-corrected chi connectivity index (χ0v) is 13.5. The molecule has 1 aliphatic rings. The number of hydrogen-bond donors (Lipinski definition) is 1. The first kappa shape index (κ1) is 16.2. The lowest BCUT2D eigenvalue weighted by Gasteiger charge is -2.30. The molecule has 0 unspecified atom stereocenters. The molecule has 5 heteroatoms. The molecule has 0 radical (unpaired) electrons.